The maximum Gasteiger partial charge on any atom is 0.194 e. The molecule has 0 fully saturated rings. The molecule has 0 unspecified atom stereocenters. The predicted octanol–water partition coefficient (Wildman–Crippen LogP) is 3.87. The Balaban J connectivity index is 1.91. The monoisotopic (exact) mass is 276 g/mol. The van der Waals surface area contributed by atoms with E-state index in [0.717, 1.165) is 48.1 Å². The minimum absolute atomic E-state index is 0.160. The molecule has 20 heavy (non-hydrogen) atoms. The summed E-state index contributed by atoms with van der Waals surface area (Å²) in [6.45, 7) is 11.3. The molecule has 2 aromatic rings. The molecule has 2 rings (SSSR count). The molecule has 2 aromatic heterocycles. The summed E-state index contributed by atoms with van der Waals surface area (Å²) < 4.78 is 11.3. The lowest BCUT2D eigenvalue weighted by Gasteiger charge is -2.19. The third-order valence-electron chi connectivity index (χ3n) is 3.08. The minimum atomic E-state index is 0.160. The molecular formula is C16H24N2O2. The van der Waals surface area contributed by atoms with Crippen LogP contribution in [0.25, 0.3) is 11.3 Å². The van der Waals surface area contributed by atoms with Crippen LogP contribution in [0.1, 0.15) is 44.6 Å². The van der Waals surface area contributed by atoms with Gasteiger partial charge < -0.3 is 14.2 Å². The maximum absolute atomic E-state index is 5.80. The van der Waals surface area contributed by atoms with Crippen LogP contribution < -0.4 is 5.32 Å². The third kappa shape index (κ3) is 3.97. The first kappa shape index (κ1) is 14.9. The summed E-state index contributed by atoms with van der Waals surface area (Å²) in [6, 6.07) is 1.99. The molecule has 0 amide bonds. The van der Waals surface area contributed by atoms with Gasteiger partial charge in [-0.05, 0) is 53.7 Å². The van der Waals surface area contributed by atoms with Crippen molar-refractivity contribution in [1.29, 1.82) is 0 Å². The highest BCUT2D eigenvalue weighted by Gasteiger charge is 2.13. The number of aromatic nitrogens is 1. The molecule has 0 aliphatic rings. The number of furan rings is 1. The smallest absolute Gasteiger partial charge is 0.194 e. The van der Waals surface area contributed by atoms with Crippen LogP contribution in [0.4, 0.5) is 0 Å². The maximum atomic E-state index is 5.80. The number of rotatable bonds is 5. The van der Waals surface area contributed by atoms with Crippen LogP contribution in [-0.4, -0.2) is 17.1 Å². The van der Waals surface area contributed by atoms with Crippen molar-refractivity contribution in [3.05, 3.63) is 29.7 Å². The van der Waals surface area contributed by atoms with Gasteiger partial charge >= 0.3 is 0 Å². The molecule has 0 saturated carbocycles. The summed E-state index contributed by atoms with van der Waals surface area (Å²) in [5, 5.41) is 3.46. The molecule has 1 N–H and O–H groups in total. The van der Waals surface area contributed by atoms with Crippen molar-refractivity contribution in [2.45, 2.75) is 53.0 Å². The van der Waals surface area contributed by atoms with Gasteiger partial charge in [0.2, 0.25) is 0 Å². The van der Waals surface area contributed by atoms with E-state index in [0.29, 0.717) is 0 Å². The number of hydrogen-bond acceptors (Lipinski definition) is 4. The second-order valence-corrected chi connectivity index (χ2v) is 6.23. The lowest BCUT2D eigenvalue weighted by molar-refractivity contribution is 0.412. The van der Waals surface area contributed by atoms with Crippen LogP contribution >= 0.6 is 0 Å². The number of oxazole rings is 1. The second-order valence-electron chi connectivity index (χ2n) is 6.23. The lowest BCUT2D eigenvalue weighted by atomic mass is 10.1. The van der Waals surface area contributed by atoms with Crippen molar-refractivity contribution in [2.24, 2.45) is 0 Å². The van der Waals surface area contributed by atoms with Crippen molar-refractivity contribution >= 4 is 0 Å². The number of nitrogens with one attached hydrogen (secondary N) is 1. The van der Waals surface area contributed by atoms with E-state index in [9.17, 15) is 0 Å². The Bertz CT molecular complexity index is 561. The molecule has 0 spiro atoms. The van der Waals surface area contributed by atoms with Crippen molar-refractivity contribution in [2.75, 3.05) is 6.54 Å². The van der Waals surface area contributed by atoms with Gasteiger partial charge in [0, 0.05) is 12.0 Å². The van der Waals surface area contributed by atoms with E-state index in [1.165, 1.54) is 0 Å². The zero-order chi connectivity index (χ0) is 14.8. The van der Waals surface area contributed by atoms with Crippen molar-refractivity contribution in [3.63, 3.8) is 0 Å². The fourth-order valence-corrected chi connectivity index (χ4v) is 2.13. The molecule has 110 valence electrons. The van der Waals surface area contributed by atoms with Crippen LogP contribution in [-0.2, 0) is 6.42 Å². The molecule has 0 aliphatic carbocycles. The highest BCUT2D eigenvalue weighted by molar-refractivity contribution is 5.59. The SMILES string of the molecule is Cc1cc(-c2cnc(CCCNC(C)(C)C)o2)c(C)o1. The normalized spacial score (nSPS) is 12.1. The van der Waals surface area contributed by atoms with Gasteiger partial charge in [-0.1, -0.05) is 0 Å². The van der Waals surface area contributed by atoms with E-state index in [2.05, 4.69) is 31.1 Å². The highest BCUT2D eigenvalue weighted by atomic mass is 16.4. The molecule has 4 heteroatoms. The molecule has 0 aromatic carbocycles. The molecule has 0 bridgehead atoms. The average molecular weight is 276 g/mol. The van der Waals surface area contributed by atoms with Crippen LogP contribution in [0, 0.1) is 13.8 Å². The first-order valence-electron chi connectivity index (χ1n) is 7.12. The Morgan fingerprint density at radius 2 is 1.95 bits per heavy atom. The Hall–Kier alpha value is -1.55. The minimum Gasteiger partial charge on any atom is -0.466 e. The first-order chi connectivity index (χ1) is 9.35. The summed E-state index contributed by atoms with van der Waals surface area (Å²) in [7, 11) is 0. The summed E-state index contributed by atoms with van der Waals surface area (Å²) in [4.78, 5) is 4.34. The number of nitrogens with zero attached hydrogens (tertiary/aromatic N) is 1. The molecule has 0 atom stereocenters. The molecular weight excluding hydrogens is 252 g/mol. The largest absolute Gasteiger partial charge is 0.466 e. The van der Waals surface area contributed by atoms with E-state index in [1.807, 2.05) is 19.9 Å². The molecule has 0 radical (unpaired) electrons. The van der Waals surface area contributed by atoms with Gasteiger partial charge in [-0.2, -0.15) is 0 Å². The summed E-state index contributed by atoms with van der Waals surface area (Å²) in [6.07, 6.45) is 3.64. The highest BCUT2D eigenvalue weighted by Crippen LogP contribution is 2.27. The van der Waals surface area contributed by atoms with Gasteiger partial charge in [0.1, 0.15) is 11.5 Å². The third-order valence-corrected chi connectivity index (χ3v) is 3.08. The Labute approximate surface area is 120 Å². The molecule has 2 heterocycles. The summed E-state index contributed by atoms with van der Waals surface area (Å²) in [5.74, 6) is 3.34. The van der Waals surface area contributed by atoms with Gasteiger partial charge in [-0.3, -0.25) is 0 Å². The number of hydrogen-bond donors (Lipinski definition) is 1. The van der Waals surface area contributed by atoms with Gasteiger partial charge in [-0.15, -0.1) is 0 Å². The quantitative estimate of drug-likeness (QED) is 0.842. The zero-order valence-electron chi connectivity index (χ0n) is 13.0. The first-order valence-corrected chi connectivity index (χ1v) is 7.12. The standard InChI is InChI=1S/C16H24N2O2/c1-11-9-13(12(2)19-11)14-10-17-15(20-14)7-6-8-18-16(3,4)5/h9-10,18H,6-8H2,1-5H3. The lowest BCUT2D eigenvalue weighted by Crippen LogP contribution is -2.36. The fourth-order valence-electron chi connectivity index (χ4n) is 2.13. The number of aryl methyl sites for hydroxylation is 3. The van der Waals surface area contributed by atoms with Crippen LogP contribution in [0.15, 0.2) is 21.1 Å². The topological polar surface area (TPSA) is 51.2 Å². The van der Waals surface area contributed by atoms with Crippen LogP contribution in [0.5, 0.6) is 0 Å². The van der Waals surface area contributed by atoms with E-state index in [4.69, 9.17) is 8.83 Å². The Kier molecular flexibility index (Phi) is 4.33. The van der Waals surface area contributed by atoms with E-state index >= 15 is 0 Å². The fraction of sp³-hybridized carbons (Fsp3) is 0.562. The van der Waals surface area contributed by atoms with Crippen LogP contribution in [0.3, 0.4) is 0 Å². The van der Waals surface area contributed by atoms with Crippen molar-refractivity contribution < 1.29 is 8.83 Å². The zero-order valence-corrected chi connectivity index (χ0v) is 13.0. The van der Waals surface area contributed by atoms with Gasteiger partial charge in [0.05, 0.1) is 11.8 Å². The molecule has 0 saturated heterocycles. The van der Waals surface area contributed by atoms with E-state index < -0.39 is 0 Å². The summed E-state index contributed by atoms with van der Waals surface area (Å²) >= 11 is 0. The average Bonchev–Trinajstić information content (AvgIpc) is 2.90. The van der Waals surface area contributed by atoms with Gasteiger partial charge in [0.15, 0.2) is 11.7 Å². The van der Waals surface area contributed by atoms with Crippen molar-refractivity contribution in [3.8, 4) is 11.3 Å². The summed E-state index contributed by atoms with van der Waals surface area (Å²) in [5.41, 5.74) is 1.15. The van der Waals surface area contributed by atoms with Crippen molar-refractivity contribution in [1.82, 2.24) is 10.3 Å². The van der Waals surface area contributed by atoms with E-state index in [1.54, 1.807) is 6.20 Å². The Morgan fingerprint density at radius 1 is 1.20 bits per heavy atom. The second kappa shape index (κ2) is 5.83. The van der Waals surface area contributed by atoms with Gasteiger partial charge in [0.25, 0.3) is 0 Å². The Morgan fingerprint density at radius 3 is 2.55 bits per heavy atom. The predicted molar refractivity (Wildman–Crippen MR) is 79.8 cm³/mol. The van der Waals surface area contributed by atoms with E-state index in [-0.39, 0.29) is 5.54 Å². The van der Waals surface area contributed by atoms with Gasteiger partial charge in [-0.25, -0.2) is 4.98 Å². The molecule has 4 nitrogen and oxygen atoms in total. The molecule has 0 aliphatic heterocycles. The van der Waals surface area contributed by atoms with Crippen LogP contribution in [0.2, 0.25) is 0 Å².